The first-order chi connectivity index (χ1) is 10.3. The molecule has 0 aliphatic rings. The number of carbonyl (C=O) groups is 1. The lowest BCUT2D eigenvalue weighted by Gasteiger charge is -2.00. The molecule has 0 unspecified atom stereocenters. The molecule has 0 spiro atoms. The van der Waals surface area contributed by atoms with Gasteiger partial charge in [0.1, 0.15) is 6.20 Å². The molecule has 0 amide bonds. The van der Waals surface area contributed by atoms with Gasteiger partial charge in [0.2, 0.25) is 0 Å². The summed E-state index contributed by atoms with van der Waals surface area (Å²) in [5.41, 5.74) is 0.420. The molecule has 0 fully saturated rings. The van der Waals surface area contributed by atoms with E-state index in [0.29, 0.717) is 12.1 Å². The van der Waals surface area contributed by atoms with Gasteiger partial charge in [0.05, 0.1) is 5.75 Å². The van der Waals surface area contributed by atoms with E-state index in [1.54, 1.807) is 12.3 Å². The lowest BCUT2D eigenvalue weighted by atomic mass is 10.3. The molecule has 2 heterocycles. The summed E-state index contributed by atoms with van der Waals surface area (Å²) in [4.78, 5) is 18.7. The Labute approximate surface area is 126 Å². The fraction of sp³-hybridized carbons (Fsp3) is 0.250. The van der Waals surface area contributed by atoms with Crippen LogP contribution in [-0.4, -0.2) is 44.9 Å². The first-order valence-electron chi connectivity index (χ1n) is 6.23. The number of aromatic nitrogens is 4. The van der Waals surface area contributed by atoms with Gasteiger partial charge in [0.15, 0.2) is 24.3 Å². The molecule has 9 nitrogen and oxygen atoms in total. The normalized spacial score (nSPS) is 11.3. The first-order valence-corrected chi connectivity index (χ1v) is 7.84. The van der Waals surface area contributed by atoms with E-state index in [9.17, 15) is 13.2 Å². The summed E-state index contributed by atoms with van der Waals surface area (Å²) in [6.45, 7) is 0.316. The van der Waals surface area contributed by atoms with Crippen molar-refractivity contribution in [1.82, 2.24) is 15.1 Å². The van der Waals surface area contributed by atoms with Crippen molar-refractivity contribution in [2.45, 2.75) is 13.0 Å². The van der Waals surface area contributed by atoms with Crippen LogP contribution in [0.5, 0.6) is 0 Å². The van der Waals surface area contributed by atoms with Crippen molar-refractivity contribution in [1.29, 1.82) is 0 Å². The van der Waals surface area contributed by atoms with Gasteiger partial charge >= 0.3 is 5.97 Å². The summed E-state index contributed by atoms with van der Waals surface area (Å²) >= 11 is 0. The molecule has 116 valence electrons. The van der Waals surface area contributed by atoms with Crippen LogP contribution >= 0.6 is 0 Å². The fourth-order valence-electron chi connectivity index (χ4n) is 1.67. The molecule has 0 aromatic carbocycles. The third-order valence-electron chi connectivity index (χ3n) is 2.69. The zero-order valence-electron chi connectivity index (χ0n) is 11.3. The molecule has 0 atom stereocenters. The third kappa shape index (κ3) is 4.53. The van der Waals surface area contributed by atoms with E-state index in [2.05, 4.69) is 15.1 Å². The zero-order valence-corrected chi connectivity index (χ0v) is 12.1. The van der Waals surface area contributed by atoms with Crippen molar-refractivity contribution >= 4 is 16.1 Å². The predicted octanol–water partition coefficient (Wildman–Crippen LogP) is -0.198. The molecule has 10 heteroatoms. The maximum Gasteiger partial charge on any atom is 0.354 e. The lowest BCUT2D eigenvalue weighted by molar-refractivity contribution is -0.753. The highest BCUT2D eigenvalue weighted by atomic mass is 32.2. The Kier molecular flexibility index (Phi) is 4.73. The van der Waals surface area contributed by atoms with Gasteiger partial charge in [-0.3, -0.25) is 4.55 Å². The second-order valence-electron chi connectivity index (χ2n) is 4.39. The van der Waals surface area contributed by atoms with Crippen LogP contribution in [0.2, 0.25) is 0 Å². The van der Waals surface area contributed by atoms with E-state index in [1.807, 2.05) is 0 Å². The summed E-state index contributed by atoms with van der Waals surface area (Å²) in [6.07, 6.45) is 4.62. The Balaban J connectivity index is 2.08. The van der Waals surface area contributed by atoms with Gasteiger partial charge in [-0.2, -0.15) is 8.42 Å². The summed E-state index contributed by atoms with van der Waals surface area (Å²) < 4.78 is 31.4. The topological polar surface area (TPSA) is 134 Å². The molecular formula is C12H13N4O5S+. The fourth-order valence-corrected chi connectivity index (χ4v) is 2.17. The molecule has 0 radical (unpaired) electrons. The van der Waals surface area contributed by atoms with Crippen LogP contribution in [0, 0.1) is 0 Å². The molecule has 2 N–H and O–H groups in total. The highest BCUT2D eigenvalue weighted by Crippen LogP contribution is 2.11. The Morgan fingerprint density at radius 1 is 1.32 bits per heavy atom. The molecule has 2 aromatic rings. The number of hydrogen-bond donors (Lipinski definition) is 2. The Bertz CT molecular complexity index is 776. The van der Waals surface area contributed by atoms with Crippen molar-refractivity contribution in [3.63, 3.8) is 0 Å². The maximum atomic E-state index is 10.9. The SMILES string of the molecule is O=C(O)c1ccnc(-c2cc[n+](CCCS(=O)(=O)O)nc2)n1. The Morgan fingerprint density at radius 3 is 2.68 bits per heavy atom. The van der Waals surface area contributed by atoms with Gasteiger partial charge < -0.3 is 5.11 Å². The zero-order chi connectivity index (χ0) is 16.2. The second-order valence-corrected chi connectivity index (χ2v) is 5.96. The van der Waals surface area contributed by atoms with Crippen LogP contribution in [0.25, 0.3) is 11.4 Å². The van der Waals surface area contributed by atoms with Gasteiger partial charge in [-0.15, -0.1) is 0 Å². The van der Waals surface area contributed by atoms with Crippen molar-refractivity contribution in [3.8, 4) is 11.4 Å². The minimum Gasteiger partial charge on any atom is -0.477 e. The van der Waals surface area contributed by atoms with E-state index in [0.717, 1.165) is 0 Å². The standard InChI is InChI=1S/C12H12N4O5S/c17-12(18)10-2-4-13-11(15-10)9-3-6-16(14-8-9)5-1-7-22(19,20)21/h2-4,6,8H,1,5,7H2,(H-,17,18,19,20,21)/p+1. The molecule has 0 saturated carbocycles. The number of rotatable bonds is 6. The number of hydrogen-bond acceptors (Lipinski definition) is 6. The van der Waals surface area contributed by atoms with Gasteiger partial charge in [0, 0.05) is 24.2 Å². The van der Waals surface area contributed by atoms with E-state index in [4.69, 9.17) is 9.66 Å². The van der Waals surface area contributed by atoms with Crippen LogP contribution in [-0.2, 0) is 16.7 Å². The molecule has 2 aromatic heterocycles. The van der Waals surface area contributed by atoms with Crippen molar-refractivity contribution in [2.75, 3.05) is 5.75 Å². The lowest BCUT2D eigenvalue weighted by Crippen LogP contribution is -2.38. The first kappa shape index (κ1) is 15.9. The van der Waals surface area contributed by atoms with Gasteiger partial charge in [-0.1, -0.05) is 4.68 Å². The van der Waals surface area contributed by atoms with Gasteiger partial charge in [0.25, 0.3) is 10.1 Å². The molecule has 2 rings (SSSR count). The van der Waals surface area contributed by atoms with Crippen LogP contribution in [0.1, 0.15) is 16.9 Å². The quantitative estimate of drug-likeness (QED) is 0.551. The minimum atomic E-state index is -3.98. The van der Waals surface area contributed by atoms with Crippen LogP contribution < -0.4 is 4.68 Å². The maximum absolute atomic E-state index is 10.9. The average molecular weight is 325 g/mol. The number of carboxylic acids is 1. The Hall–Kier alpha value is -2.46. The van der Waals surface area contributed by atoms with Crippen molar-refractivity contribution < 1.29 is 27.6 Å². The predicted molar refractivity (Wildman–Crippen MR) is 73.4 cm³/mol. The summed E-state index contributed by atoms with van der Waals surface area (Å²) in [5, 5.41) is 12.9. The number of aromatic carboxylic acids is 1. The van der Waals surface area contributed by atoms with Crippen molar-refractivity contribution in [2.24, 2.45) is 0 Å². The summed E-state index contributed by atoms with van der Waals surface area (Å²) in [6, 6.07) is 2.93. The molecule has 0 bridgehead atoms. The van der Waals surface area contributed by atoms with Crippen molar-refractivity contribution in [3.05, 3.63) is 36.4 Å². The number of nitrogens with zero attached hydrogens (tertiary/aromatic N) is 4. The van der Waals surface area contributed by atoms with E-state index >= 15 is 0 Å². The number of carboxylic acid groups (broad SMARTS) is 1. The molecule has 0 saturated heterocycles. The molecule has 0 aliphatic carbocycles. The summed E-state index contributed by atoms with van der Waals surface area (Å²) in [7, 11) is -3.98. The largest absolute Gasteiger partial charge is 0.477 e. The van der Waals surface area contributed by atoms with Crippen LogP contribution in [0.15, 0.2) is 30.7 Å². The monoisotopic (exact) mass is 325 g/mol. The average Bonchev–Trinajstić information content (AvgIpc) is 2.47. The molecule has 0 aliphatic heterocycles. The van der Waals surface area contributed by atoms with Crippen LogP contribution in [0.4, 0.5) is 0 Å². The second kappa shape index (κ2) is 6.54. The molecule has 22 heavy (non-hydrogen) atoms. The van der Waals surface area contributed by atoms with Crippen LogP contribution in [0.3, 0.4) is 0 Å². The van der Waals surface area contributed by atoms with E-state index < -0.39 is 16.1 Å². The Morgan fingerprint density at radius 2 is 2.09 bits per heavy atom. The smallest absolute Gasteiger partial charge is 0.354 e. The van der Waals surface area contributed by atoms with Gasteiger partial charge in [-0.05, 0) is 11.2 Å². The minimum absolute atomic E-state index is 0.116. The van der Waals surface area contributed by atoms with E-state index in [-0.39, 0.29) is 23.7 Å². The summed E-state index contributed by atoms with van der Waals surface area (Å²) in [5.74, 6) is -1.25. The van der Waals surface area contributed by atoms with E-state index in [1.165, 1.54) is 23.1 Å². The van der Waals surface area contributed by atoms with Gasteiger partial charge in [-0.25, -0.2) is 14.8 Å². The number of aryl methyl sites for hydroxylation is 1. The third-order valence-corrected chi connectivity index (χ3v) is 3.50. The highest BCUT2D eigenvalue weighted by Gasteiger charge is 2.11. The molecular weight excluding hydrogens is 312 g/mol. The highest BCUT2D eigenvalue weighted by molar-refractivity contribution is 7.85.